The Kier molecular flexibility index (Phi) is 4.93. The van der Waals surface area contributed by atoms with E-state index in [1.54, 1.807) is 19.1 Å². The van der Waals surface area contributed by atoms with E-state index in [9.17, 15) is 9.18 Å². The number of anilines is 1. The van der Waals surface area contributed by atoms with Crippen LogP contribution in [0, 0.1) is 12.7 Å². The van der Waals surface area contributed by atoms with E-state index in [4.69, 9.17) is 4.74 Å². The van der Waals surface area contributed by atoms with Crippen molar-refractivity contribution < 1.29 is 13.9 Å². The van der Waals surface area contributed by atoms with Crippen molar-refractivity contribution in [2.45, 2.75) is 19.9 Å². The van der Waals surface area contributed by atoms with Crippen LogP contribution in [0.15, 0.2) is 48.5 Å². The lowest BCUT2D eigenvalue weighted by molar-refractivity contribution is -0.144. The van der Waals surface area contributed by atoms with Gasteiger partial charge in [0.25, 0.3) is 0 Å². The van der Waals surface area contributed by atoms with Gasteiger partial charge in [0.2, 0.25) is 0 Å². The minimum absolute atomic E-state index is 0.298. The lowest BCUT2D eigenvalue weighted by Crippen LogP contribution is -2.23. The Labute approximate surface area is 123 Å². The zero-order valence-electron chi connectivity index (χ0n) is 12.1. The van der Waals surface area contributed by atoms with Gasteiger partial charge in [-0.3, -0.25) is 0 Å². The number of benzene rings is 2. The zero-order chi connectivity index (χ0) is 15.2. The van der Waals surface area contributed by atoms with Crippen molar-refractivity contribution in [2.75, 3.05) is 11.9 Å². The summed E-state index contributed by atoms with van der Waals surface area (Å²) >= 11 is 0. The highest BCUT2D eigenvalue weighted by Crippen LogP contribution is 2.22. The summed E-state index contributed by atoms with van der Waals surface area (Å²) in [5, 5.41) is 3.03. The third-order valence-electron chi connectivity index (χ3n) is 3.03. The highest BCUT2D eigenvalue weighted by molar-refractivity contribution is 5.81. The van der Waals surface area contributed by atoms with Crippen LogP contribution < -0.4 is 5.32 Å². The minimum atomic E-state index is -0.661. The number of esters is 1. The maximum absolute atomic E-state index is 13.3. The Morgan fingerprint density at radius 3 is 2.67 bits per heavy atom. The van der Waals surface area contributed by atoms with E-state index in [-0.39, 0.29) is 11.8 Å². The number of hydrogen-bond donors (Lipinski definition) is 1. The summed E-state index contributed by atoms with van der Waals surface area (Å²) in [7, 11) is 0. The zero-order valence-corrected chi connectivity index (χ0v) is 12.1. The number of carbonyl (C=O) groups is 1. The van der Waals surface area contributed by atoms with Crippen molar-refractivity contribution in [2.24, 2.45) is 0 Å². The summed E-state index contributed by atoms with van der Waals surface area (Å²) < 4.78 is 18.4. The van der Waals surface area contributed by atoms with Crippen LogP contribution in [-0.2, 0) is 9.53 Å². The van der Waals surface area contributed by atoms with Crippen LogP contribution >= 0.6 is 0 Å². The molecule has 0 aliphatic rings. The maximum Gasteiger partial charge on any atom is 0.333 e. The number of carbonyl (C=O) groups excluding carboxylic acids is 1. The van der Waals surface area contributed by atoms with Gasteiger partial charge in [0, 0.05) is 5.69 Å². The molecule has 0 heterocycles. The molecule has 2 aromatic carbocycles. The van der Waals surface area contributed by atoms with Gasteiger partial charge in [0.1, 0.15) is 5.82 Å². The lowest BCUT2D eigenvalue weighted by Gasteiger charge is -2.19. The molecular weight excluding hydrogens is 269 g/mol. The van der Waals surface area contributed by atoms with Gasteiger partial charge in [-0.2, -0.15) is 0 Å². The van der Waals surface area contributed by atoms with Crippen LogP contribution in [0.5, 0.6) is 0 Å². The van der Waals surface area contributed by atoms with Gasteiger partial charge in [-0.1, -0.05) is 35.9 Å². The molecule has 1 unspecified atom stereocenters. The molecule has 0 aliphatic carbocycles. The predicted molar refractivity (Wildman–Crippen MR) is 80.6 cm³/mol. The molecule has 0 radical (unpaired) electrons. The first-order valence-electron chi connectivity index (χ1n) is 6.85. The van der Waals surface area contributed by atoms with Gasteiger partial charge < -0.3 is 10.1 Å². The number of nitrogens with one attached hydrogen (secondary N) is 1. The molecule has 0 aromatic heterocycles. The average Bonchev–Trinajstić information content (AvgIpc) is 2.45. The highest BCUT2D eigenvalue weighted by Gasteiger charge is 2.22. The quantitative estimate of drug-likeness (QED) is 0.849. The molecule has 0 saturated heterocycles. The van der Waals surface area contributed by atoms with Crippen molar-refractivity contribution in [3.63, 3.8) is 0 Å². The summed E-state index contributed by atoms with van der Waals surface area (Å²) in [4.78, 5) is 12.2. The summed E-state index contributed by atoms with van der Waals surface area (Å²) in [6, 6.07) is 12.9. The van der Waals surface area contributed by atoms with Gasteiger partial charge in [0.05, 0.1) is 6.61 Å². The van der Waals surface area contributed by atoms with E-state index in [0.29, 0.717) is 12.3 Å². The maximum atomic E-state index is 13.3. The van der Waals surface area contributed by atoms with Crippen molar-refractivity contribution in [3.8, 4) is 0 Å². The van der Waals surface area contributed by atoms with E-state index < -0.39 is 6.04 Å². The summed E-state index contributed by atoms with van der Waals surface area (Å²) in [5.41, 5.74) is 2.37. The van der Waals surface area contributed by atoms with Crippen LogP contribution in [0.3, 0.4) is 0 Å². The molecule has 21 heavy (non-hydrogen) atoms. The fourth-order valence-electron chi connectivity index (χ4n) is 2.10. The van der Waals surface area contributed by atoms with Gasteiger partial charge in [-0.05, 0) is 37.6 Å². The largest absolute Gasteiger partial charge is 0.464 e. The number of hydrogen-bond acceptors (Lipinski definition) is 3. The van der Waals surface area contributed by atoms with Crippen molar-refractivity contribution in [3.05, 3.63) is 65.5 Å². The molecule has 0 fully saturated rings. The first kappa shape index (κ1) is 15.0. The monoisotopic (exact) mass is 287 g/mol. The average molecular weight is 287 g/mol. The van der Waals surface area contributed by atoms with Crippen molar-refractivity contribution in [1.29, 1.82) is 0 Å². The van der Waals surface area contributed by atoms with Crippen LogP contribution in [0.25, 0.3) is 0 Å². The SMILES string of the molecule is CCOC(=O)C(Nc1cccc(F)c1)c1cccc(C)c1. The predicted octanol–water partition coefficient (Wildman–Crippen LogP) is 3.85. The Balaban J connectivity index is 2.30. The second kappa shape index (κ2) is 6.88. The minimum Gasteiger partial charge on any atom is -0.464 e. The molecule has 0 bridgehead atoms. The first-order chi connectivity index (χ1) is 10.1. The summed E-state index contributed by atoms with van der Waals surface area (Å²) in [5.74, 6) is -0.737. The second-order valence-corrected chi connectivity index (χ2v) is 4.75. The molecule has 110 valence electrons. The Hall–Kier alpha value is -2.36. The van der Waals surface area contributed by atoms with E-state index in [0.717, 1.165) is 11.1 Å². The number of ether oxygens (including phenoxy) is 1. The molecule has 3 nitrogen and oxygen atoms in total. The summed E-state index contributed by atoms with van der Waals surface area (Å²) in [6.07, 6.45) is 0. The van der Waals surface area contributed by atoms with Crippen LogP contribution in [0.4, 0.5) is 10.1 Å². The summed E-state index contributed by atoms with van der Waals surface area (Å²) in [6.45, 7) is 4.01. The number of halogens is 1. The van der Waals surface area contributed by atoms with Gasteiger partial charge in [-0.25, -0.2) is 9.18 Å². The highest BCUT2D eigenvalue weighted by atomic mass is 19.1. The molecule has 4 heteroatoms. The Bertz CT molecular complexity index is 628. The Morgan fingerprint density at radius 1 is 1.24 bits per heavy atom. The topological polar surface area (TPSA) is 38.3 Å². The standard InChI is InChI=1S/C17H18FNO2/c1-3-21-17(20)16(13-7-4-6-12(2)10-13)19-15-9-5-8-14(18)11-15/h4-11,16,19H,3H2,1-2H3. The molecule has 0 spiro atoms. The molecular formula is C17H18FNO2. The molecule has 1 N–H and O–H groups in total. The van der Waals surface area contributed by atoms with E-state index >= 15 is 0 Å². The van der Waals surface area contributed by atoms with Crippen LogP contribution in [-0.4, -0.2) is 12.6 Å². The van der Waals surface area contributed by atoms with E-state index in [1.165, 1.54) is 12.1 Å². The molecule has 2 rings (SSSR count). The van der Waals surface area contributed by atoms with Crippen LogP contribution in [0.2, 0.25) is 0 Å². The third-order valence-corrected chi connectivity index (χ3v) is 3.03. The fourth-order valence-corrected chi connectivity index (χ4v) is 2.10. The van der Waals surface area contributed by atoms with Gasteiger partial charge in [-0.15, -0.1) is 0 Å². The molecule has 0 aliphatic heterocycles. The molecule has 1 atom stereocenters. The van der Waals surface area contributed by atoms with Crippen molar-refractivity contribution >= 4 is 11.7 Å². The van der Waals surface area contributed by atoms with Gasteiger partial charge >= 0.3 is 5.97 Å². The number of aryl methyl sites for hydroxylation is 1. The normalized spacial score (nSPS) is 11.8. The van der Waals surface area contributed by atoms with Crippen LogP contribution in [0.1, 0.15) is 24.1 Å². The Morgan fingerprint density at radius 2 is 2.00 bits per heavy atom. The smallest absolute Gasteiger partial charge is 0.333 e. The lowest BCUT2D eigenvalue weighted by atomic mass is 10.0. The van der Waals surface area contributed by atoms with E-state index in [2.05, 4.69) is 5.32 Å². The van der Waals surface area contributed by atoms with Crippen molar-refractivity contribution in [1.82, 2.24) is 0 Å². The first-order valence-corrected chi connectivity index (χ1v) is 6.85. The molecule has 0 saturated carbocycles. The molecule has 2 aromatic rings. The van der Waals surface area contributed by atoms with Gasteiger partial charge in [0.15, 0.2) is 6.04 Å². The second-order valence-electron chi connectivity index (χ2n) is 4.75. The third kappa shape index (κ3) is 4.05. The van der Waals surface area contributed by atoms with E-state index in [1.807, 2.05) is 31.2 Å². The molecule has 0 amide bonds. The fraction of sp³-hybridized carbons (Fsp3) is 0.235. The number of rotatable bonds is 5.